The number of ether oxygens (including phenoxy) is 1. The SMILES string of the molecule is C=CC(=O)N1C[C@@H](n2nc(C#Cc3cc4ncn(C5(C)CC5)c4cc3F)c(C(N)=O)c2NC)C[C@@H]1COC. The van der Waals surface area contributed by atoms with E-state index in [2.05, 4.69) is 40.7 Å². The molecule has 1 aliphatic carbocycles. The number of halogens is 1. The number of nitrogens with zero attached hydrogens (tertiary/aromatic N) is 5. The van der Waals surface area contributed by atoms with E-state index >= 15 is 4.39 Å². The Morgan fingerprint density at radius 2 is 2.13 bits per heavy atom. The maximum absolute atomic E-state index is 15.1. The van der Waals surface area contributed by atoms with Crippen molar-refractivity contribution in [2.45, 2.75) is 43.8 Å². The number of methoxy groups -OCH3 is 1. The molecule has 10 nitrogen and oxygen atoms in total. The second-order valence-electron chi connectivity index (χ2n) is 10.0. The molecule has 5 rings (SSSR count). The molecule has 3 heterocycles. The molecule has 2 aliphatic rings. The minimum atomic E-state index is -0.720. The van der Waals surface area contributed by atoms with E-state index in [4.69, 9.17) is 10.5 Å². The number of nitrogens with one attached hydrogen (secondary N) is 1. The van der Waals surface area contributed by atoms with Gasteiger partial charge in [-0.25, -0.2) is 14.1 Å². The lowest BCUT2D eigenvalue weighted by atomic mass is 10.1. The number of primary amides is 1. The second kappa shape index (κ2) is 9.61. The van der Waals surface area contributed by atoms with E-state index in [1.54, 1.807) is 36.1 Å². The number of carbonyl (C=O) groups is 2. The quantitative estimate of drug-likeness (QED) is 0.365. The zero-order valence-corrected chi connectivity index (χ0v) is 21.6. The van der Waals surface area contributed by atoms with Crippen molar-refractivity contribution in [2.24, 2.45) is 5.73 Å². The van der Waals surface area contributed by atoms with Crippen molar-refractivity contribution in [1.29, 1.82) is 0 Å². The Hall–Kier alpha value is -4.17. The van der Waals surface area contributed by atoms with Crippen molar-refractivity contribution in [3.63, 3.8) is 0 Å². The predicted octanol–water partition coefficient (Wildman–Crippen LogP) is 2.40. The van der Waals surface area contributed by atoms with Crippen LogP contribution in [0.5, 0.6) is 0 Å². The van der Waals surface area contributed by atoms with Crippen LogP contribution in [-0.4, -0.2) is 69.4 Å². The van der Waals surface area contributed by atoms with Crippen LogP contribution < -0.4 is 11.1 Å². The number of amides is 2. The molecule has 2 aromatic heterocycles. The number of fused-ring (bicyclic) bond motifs is 1. The summed E-state index contributed by atoms with van der Waals surface area (Å²) in [6, 6.07) is 2.60. The van der Waals surface area contributed by atoms with E-state index in [-0.39, 0.29) is 40.4 Å². The summed E-state index contributed by atoms with van der Waals surface area (Å²) in [6.45, 7) is 6.39. The first-order valence-corrected chi connectivity index (χ1v) is 12.4. The van der Waals surface area contributed by atoms with Crippen LogP contribution in [0.2, 0.25) is 0 Å². The third-order valence-corrected chi connectivity index (χ3v) is 7.46. The molecule has 2 fully saturated rings. The van der Waals surface area contributed by atoms with E-state index in [1.807, 2.05) is 4.57 Å². The number of benzene rings is 1. The topological polar surface area (TPSA) is 120 Å². The van der Waals surface area contributed by atoms with Crippen LogP contribution in [-0.2, 0) is 15.1 Å². The summed E-state index contributed by atoms with van der Waals surface area (Å²) in [7, 11) is 3.22. The fourth-order valence-corrected chi connectivity index (χ4v) is 5.17. The van der Waals surface area contributed by atoms with Gasteiger partial charge in [0.25, 0.3) is 5.91 Å². The molecule has 3 N–H and O–H groups in total. The maximum Gasteiger partial charge on any atom is 0.255 e. The molecule has 2 atom stereocenters. The Kier molecular flexibility index (Phi) is 6.44. The third-order valence-electron chi connectivity index (χ3n) is 7.46. The van der Waals surface area contributed by atoms with Crippen LogP contribution in [0.4, 0.5) is 10.2 Å². The van der Waals surface area contributed by atoms with Crippen LogP contribution in [0, 0.1) is 17.7 Å². The number of hydrogen-bond acceptors (Lipinski definition) is 6. The molecule has 0 radical (unpaired) electrons. The number of anilines is 1. The third kappa shape index (κ3) is 4.31. The smallest absolute Gasteiger partial charge is 0.255 e. The van der Waals surface area contributed by atoms with Gasteiger partial charge in [0, 0.05) is 32.3 Å². The summed E-state index contributed by atoms with van der Waals surface area (Å²) in [6.07, 6.45) is 5.60. The molecule has 2 amide bonds. The summed E-state index contributed by atoms with van der Waals surface area (Å²) in [4.78, 5) is 31.0. The summed E-state index contributed by atoms with van der Waals surface area (Å²) < 4.78 is 24.0. The first-order valence-electron chi connectivity index (χ1n) is 12.4. The lowest BCUT2D eigenvalue weighted by molar-refractivity contribution is -0.127. The molecule has 3 aromatic rings. The largest absolute Gasteiger partial charge is 0.383 e. The van der Waals surface area contributed by atoms with Crippen molar-refractivity contribution in [1.82, 2.24) is 24.2 Å². The van der Waals surface area contributed by atoms with Gasteiger partial charge in [0.05, 0.1) is 41.6 Å². The first kappa shape index (κ1) is 25.5. The number of nitrogens with two attached hydrogens (primary N) is 1. The number of likely N-dealkylation sites (tertiary alicyclic amines) is 1. The molecular weight excluding hydrogens is 489 g/mol. The second-order valence-corrected chi connectivity index (χ2v) is 10.0. The highest BCUT2D eigenvalue weighted by Gasteiger charge is 2.40. The van der Waals surface area contributed by atoms with E-state index in [0.29, 0.717) is 30.9 Å². The lowest BCUT2D eigenvalue weighted by Crippen LogP contribution is -2.37. The van der Waals surface area contributed by atoms with Crippen LogP contribution in [0.25, 0.3) is 11.0 Å². The molecular formula is C27H30FN7O3. The molecule has 0 bridgehead atoms. The number of rotatable bonds is 7. The molecule has 198 valence electrons. The summed E-state index contributed by atoms with van der Waals surface area (Å²) >= 11 is 0. The average molecular weight is 520 g/mol. The Labute approximate surface area is 219 Å². The monoisotopic (exact) mass is 519 g/mol. The van der Waals surface area contributed by atoms with Gasteiger partial charge in [-0.05, 0) is 44.2 Å². The molecule has 0 spiro atoms. The van der Waals surface area contributed by atoms with Gasteiger partial charge in [0.15, 0.2) is 5.69 Å². The Morgan fingerprint density at radius 1 is 1.37 bits per heavy atom. The number of carbonyl (C=O) groups excluding carboxylic acids is 2. The predicted molar refractivity (Wildman–Crippen MR) is 140 cm³/mol. The minimum Gasteiger partial charge on any atom is -0.383 e. The molecule has 1 saturated carbocycles. The number of imidazole rings is 1. The van der Waals surface area contributed by atoms with Gasteiger partial charge in [-0.2, -0.15) is 5.10 Å². The highest BCUT2D eigenvalue weighted by Crippen LogP contribution is 2.44. The standard InChI is InChI=1S/C27H30FN7O3/c1-5-23(36)33-13-17(11-18(33)14-38-4)35-26(30-3)24(25(29)37)20(32-35)7-6-16-10-21-22(12-19(16)28)34(15-31-21)27(2)8-9-27/h5,10,12,15,17-18,30H,1,8-9,11,13-14H2,2-4H3,(H2,29,37)/t17-,18+/m0/s1. The maximum atomic E-state index is 15.1. The van der Waals surface area contributed by atoms with Gasteiger partial charge in [-0.1, -0.05) is 12.5 Å². The molecule has 1 aromatic carbocycles. The van der Waals surface area contributed by atoms with Crippen molar-refractivity contribution in [2.75, 3.05) is 32.6 Å². The molecule has 11 heteroatoms. The van der Waals surface area contributed by atoms with Crippen molar-refractivity contribution in [3.8, 4) is 11.8 Å². The molecule has 0 unspecified atom stereocenters. The van der Waals surface area contributed by atoms with E-state index in [0.717, 1.165) is 18.4 Å². The van der Waals surface area contributed by atoms with Gasteiger partial charge in [-0.15, -0.1) is 0 Å². The number of aromatic nitrogens is 4. The van der Waals surface area contributed by atoms with Crippen molar-refractivity contribution >= 4 is 28.7 Å². The van der Waals surface area contributed by atoms with Crippen LogP contribution in [0.15, 0.2) is 31.1 Å². The molecule has 38 heavy (non-hydrogen) atoms. The first-order chi connectivity index (χ1) is 18.2. The average Bonchev–Trinajstić information content (AvgIpc) is 3.24. The van der Waals surface area contributed by atoms with Crippen molar-refractivity contribution in [3.05, 3.63) is 53.8 Å². The highest BCUT2D eigenvalue weighted by molar-refractivity contribution is 6.00. The van der Waals surface area contributed by atoms with Crippen molar-refractivity contribution < 1.29 is 18.7 Å². The van der Waals surface area contributed by atoms with Gasteiger partial charge < -0.3 is 25.3 Å². The van der Waals surface area contributed by atoms with Gasteiger partial charge in [0.1, 0.15) is 17.2 Å². The fraction of sp³-hybridized carbons (Fsp3) is 0.407. The van der Waals surface area contributed by atoms with E-state index < -0.39 is 11.7 Å². The van der Waals surface area contributed by atoms with Gasteiger partial charge >= 0.3 is 0 Å². The zero-order valence-electron chi connectivity index (χ0n) is 21.6. The Bertz CT molecular complexity index is 1510. The minimum absolute atomic E-state index is 0.0183. The van der Waals surface area contributed by atoms with Crippen LogP contribution >= 0.6 is 0 Å². The summed E-state index contributed by atoms with van der Waals surface area (Å²) in [5, 5.41) is 7.58. The van der Waals surface area contributed by atoms with Crippen LogP contribution in [0.3, 0.4) is 0 Å². The van der Waals surface area contributed by atoms with Gasteiger partial charge in [-0.3, -0.25) is 9.59 Å². The number of hydrogen-bond donors (Lipinski definition) is 2. The molecule has 1 saturated heterocycles. The Balaban J connectivity index is 1.52. The van der Waals surface area contributed by atoms with Crippen LogP contribution in [0.1, 0.15) is 53.8 Å². The van der Waals surface area contributed by atoms with Gasteiger partial charge in [0.2, 0.25) is 5.91 Å². The summed E-state index contributed by atoms with van der Waals surface area (Å²) in [5.41, 5.74) is 7.42. The lowest BCUT2D eigenvalue weighted by Gasteiger charge is -2.22. The highest BCUT2D eigenvalue weighted by atomic mass is 19.1. The molecule has 1 aliphatic heterocycles. The summed E-state index contributed by atoms with van der Waals surface area (Å²) in [5.74, 6) is 4.62. The zero-order chi connectivity index (χ0) is 27.2. The van der Waals surface area contributed by atoms with E-state index in [1.165, 1.54) is 12.1 Å². The Morgan fingerprint density at radius 3 is 2.76 bits per heavy atom. The normalized spacial score (nSPS) is 19.7. The fourth-order valence-electron chi connectivity index (χ4n) is 5.17. The van der Waals surface area contributed by atoms with E-state index in [9.17, 15) is 9.59 Å².